The van der Waals surface area contributed by atoms with Gasteiger partial charge >= 0.3 is 6.03 Å². The van der Waals surface area contributed by atoms with Crippen LogP contribution in [0.4, 0.5) is 4.79 Å². The van der Waals surface area contributed by atoms with E-state index in [9.17, 15) is 24.0 Å². The fourth-order valence-electron chi connectivity index (χ4n) is 4.87. The van der Waals surface area contributed by atoms with E-state index in [4.69, 9.17) is 14.2 Å². The summed E-state index contributed by atoms with van der Waals surface area (Å²) < 4.78 is 17.2. The van der Waals surface area contributed by atoms with E-state index in [0.29, 0.717) is 11.5 Å². The molecule has 0 radical (unpaired) electrons. The summed E-state index contributed by atoms with van der Waals surface area (Å²) in [5, 5.41) is 8.28. The zero-order chi connectivity index (χ0) is 29.3. The highest BCUT2D eigenvalue weighted by Gasteiger charge is 2.46. The molecule has 6 amide bonds. The normalized spacial score (nSPS) is 22.1. The van der Waals surface area contributed by atoms with Gasteiger partial charge in [0.25, 0.3) is 17.7 Å². The van der Waals surface area contributed by atoms with Crippen molar-refractivity contribution < 1.29 is 38.2 Å². The molecule has 6 rings (SSSR count). The quantitative estimate of drug-likeness (QED) is 0.453. The highest BCUT2D eigenvalue weighted by Crippen LogP contribution is 2.29. The first kappa shape index (κ1) is 27.7. The maximum atomic E-state index is 13.3. The summed E-state index contributed by atoms with van der Waals surface area (Å²) in [5.74, 6) is -0.664. The number of likely N-dealkylation sites (tertiary alicyclic amines) is 1. The third kappa shape index (κ3) is 5.88. The molecule has 0 saturated carbocycles. The number of imide groups is 1. The minimum atomic E-state index is -1.10. The van der Waals surface area contributed by atoms with E-state index in [1.807, 2.05) is 0 Å². The van der Waals surface area contributed by atoms with Crippen molar-refractivity contribution in [3.63, 3.8) is 0 Å². The van der Waals surface area contributed by atoms with Crippen molar-refractivity contribution in [1.82, 2.24) is 25.8 Å². The molecular weight excluding hydrogens is 534 g/mol. The number of methoxy groups -OCH3 is 1. The van der Waals surface area contributed by atoms with Crippen LogP contribution in [-0.2, 0) is 20.9 Å². The van der Waals surface area contributed by atoms with Gasteiger partial charge in [0.2, 0.25) is 5.91 Å². The first-order chi connectivity index (χ1) is 19.5. The molecule has 13 nitrogen and oxygen atoms in total. The molecule has 216 valence electrons. The molecule has 41 heavy (non-hydrogen) atoms. The number of benzene rings is 2. The van der Waals surface area contributed by atoms with Crippen LogP contribution in [0.1, 0.15) is 29.8 Å². The number of amides is 6. The number of ether oxygens (including phenoxy) is 3. The van der Waals surface area contributed by atoms with Gasteiger partial charge in [0, 0.05) is 18.7 Å². The van der Waals surface area contributed by atoms with Crippen molar-refractivity contribution in [1.29, 1.82) is 0 Å². The zero-order valence-electron chi connectivity index (χ0n) is 22.9. The van der Waals surface area contributed by atoms with Gasteiger partial charge in [-0.25, -0.2) is 4.79 Å². The van der Waals surface area contributed by atoms with Crippen LogP contribution in [0.5, 0.6) is 17.2 Å². The molecule has 13 heteroatoms. The first-order valence-electron chi connectivity index (χ1n) is 13.1. The SMILES string of the molecule is COc1ccc2cc1OCC(=O)NCc1ccc(cc1)O[C@H]1CN(C(=O)CN3C(=O)NC(C)(C)C3=O)C[C@@H]1NC2=O. The van der Waals surface area contributed by atoms with Gasteiger partial charge in [-0.3, -0.25) is 24.1 Å². The van der Waals surface area contributed by atoms with Crippen LogP contribution in [0.3, 0.4) is 0 Å². The van der Waals surface area contributed by atoms with Crippen LogP contribution in [0.2, 0.25) is 0 Å². The van der Waals surface area contributed by atoms with Gasteiger partial charge in [-0.15, -0.1) is 0 Å². The molecule has 4 aliphatic heterocycles. The molecule has 2 atom stereocenters. The standard InChI is InChI=1S/C28H31N5O8/c1-28(2)26(37)33(27(38)31-28)14-24(35)32-12-19-22(13-32)41-18-7-4-16(5-8-18)11-29-23(34)15-40-21-10-17(25(36)30-19)6-9-20(21)39-3/h4-10,19,22H,11-15H2,1-3H3,(H,29,34)(H,30,36)(H,31,38)/t19-,22-/m0/s1. The van der Waals surface area contributed by atoms with Crippen molar-refractivity contribution in [3.8, 4) is 17.2 Å². The predicted octanol–water partition coefficient (Wildman–Crippen LogP) is 0.422. The molecule has 2 saturated heterocycles. The van der Waals surface area contributed by atoms with Gasteiger partial charge in [0.05, 0.1) is 19.7 Å². The first-order valence-corrected chi connectivity index (χ1v) is 13.1. The Morgan fingerprint density at radius 1 is 1.07 bits per heavy atom. The Bertz CT molecular complexity index is 1390. The topological polar surface area (TPSA) is 156 Å². The minimum Gasteiger partial charge on any atom is -0.493 e. The maximum Gasteiger partial charge on any atom is 0.325 e. The Morgan fingerprint density at radius 2 is 1.83 bits per heavy atom. The van der Waals surface area contributed by atoms with Crippen molar-refractivity contribution in [2.24, 2.45) is 0 Å². The van der Waals surface area contributed by atoms with E-state index in [1.54, 1.807) is 50.2 Å². The summed E-state index contributed by atoms with van der Waals surface area (Å²) in [6.07, 6.45) is -0.627. The Hall–Kier alpha value is -4.81. The van der Waals surface area contributed by atoms with Gasteiger partial charge in [-0.2, -0.15) is 0 Å². The Balaban J connectivity index is 1.39. The Kier molecular flexibility index (Phi) is 7.43. The smallest absolute Gasteiger partial charge is 0.325 e. The molecule has 0 spiro atoms. The van der Waals surface area contributed by atoms with Crippen LogP contribution in [0.15, 0.2) is 42.5 Å². The molecule has 4 aliphatic rings. The van der Waals surface area contributed by atoms with Crippen LogP contribution in [-0.4, -0.2) is 90.5 Å². The predicted molar refractivity (Wildman–Crippen MR) is 143 cm³/mol. The van der Waals surface area contributed by atoms with E-state index in [2.05, 4.69) is 16.0 Å². The highest BCUT2D eigenvalue weighted by atomic mass is 16.5. The highest BCUT2D eigenvalue weighted by molar-refractivity contribution is 6.08. The number of nitrogens with zero attached hydrogens (tertiary/aromatic N) is 2. The number of fused-ring (bicyclic) bond motifs is 7. The average molecular weight is 566 g/mol. The van der Waals surface area contributed by atoms with Gasteiger partial charge in [0.15, 0.2) is 18.1 Å². The third-order valence-electron chi connectivity index (χ3n) is 7.16. The second-order valence-corrected chi connectivity index (χ2v) is 10.6. The fourth-order valence-corrected chi connectivity index (χ4v) is 4.87. The Morgan fingerprint density at radius 3 is 2.51 bits per heavy atom. The molecule has 3 N–H and O–H groups in total. The van der Waals surface area contributed by atoms with Crippen molar-refractivity contribution in [2.75, 3.05) is 33.4 Å². The van der Waals surface area contributed by atoms with Gasteiger partial charge in [-0.1, -0.05) is 12.1 Å². The van der Waals surface area contributed by atoms with E-state index in [-0.39, 0.29) is 43.5 Å². The molecule has 4 bridgehead atoms. The van der Waals surface area contributed by atoms with Gasteiger partial charge in [0.1, 0.15) is 23.9 Å². The molecule has 2 aromatic rings. The second-order valence-electron chi connectivity index (χ2n) is 10.6. The summed E-state index contributed by atoms with van der Waals surface area (Å²) in [7, 11) is 1.45. The number of carbonyl (C=O) groups is 5. The summed E-state index contributed by atoms with van der Waals surface area (Å²) in [6.45, 7) is 2.92. The average Bonchev–Trinajstić information content (AvgIpc) is 3.42. The van der Waals surface area contributed by atoms with Crippen molar-refractivity contribution >= 4 is 29.7 Å². The van der Waals surface area contributed by atoms with E-state index < -0.39 is 48.0 Å². The van der Waals surface area contributed by atoms with Crippen molar-refractivity contribution in [2.45, 2.75) is 38.1 Å². The molecular formula is C28H31N5O8. The lowest BCUT2D eigenvalue weighted by Gasteiger charge is -2.21. The second kappa shape index (κ2) is 11.0. The number of urea groups is 1. The molecule has 2 aromatic carbocycles. The molecule has 0 aromatic heterocycles. The van der Waals surface area contributed by atoms with Crippen molar-refractivity contribution in [3.05, 3.63) is 53.6 Å². The summed E-state index contributed by atoms with van der Waals surface area (Å²) in [5.41, 5.74) is -0.0142. The Labute approximate surface area is 236 Å². The monoisotopic (exact) mass is 565 g/mol. The largest absolute Gasteiger partial charge is 0.493 e. The van der Waals surface area contributed by atoms with E-state index >= 15 is 0 Å². The molecule has 4 heterocycles. The van der Waals surface area contributed by atoms with Crippen LogP contribution in [0, 0.1) is 0 Å². The summed E-state index contributed by atoms with van der Waals surface area (Å²) >= 11 is 0. The molecule has 0 aliphatic carbocycles. The number of carbonyl (C=O) groups excluding carboxylic acids is 5. The van der Waals surface area contributed by atoms with Crippen LogP contribution >= 0.6 is 0 Å². The molecule has 2 fully saturated rings. The summed E-state index contributed by atoms with van der Waals surface area (Å²) in [4.78, 5) is 66.2. The third-order valence-corrected chi connectivity index (χ3v) is 7.16. The van der Waals surface area contributed by atoms with E-state index in [1.165, 1.54) is 18.1 Å². The number of nitrogens with one attached hydrogen (secondary N) is 3. The lowest BCUT2D eigenvalue weighted by atomic mass is 10.1. The van der Waals surface area contributed by atoms with Crippen LogP contribution < -0.4 is 30.2 Å². The number of hydrogen-bond donors (Lipinski definition) is 3. The van der Waals surface area contributed by atoms with Gasteiger partial charge < -0.3 is 35.1 Å². The van der Waals surface area contributed by atoms with Crippen LogP contribution in [0.25, 0.3) is 0 Å². The fraction of sp³-hybridized carbons (Fsp3) is 0.393. The van der Waals surface area contributed by atoms with Gasteiger partial charge in [-0.05, 0) is 49.7 Å². The minimum absolute atomic E-state index is 0.0955. The summed E-state index contributed by atoms with van der Waals surface area (Å²) in [6, 6.07) is 10.4. The maximum absolute atomic E-state index is 13.3. The zero-order valence-corrected chi connectivity index (χ0v) is 22.9. The van der Waals surface area contributed by atoms with E-state index in [0.717, 1.165) is 10.5 Å². The lowest BCUT2D eigenvalue weighted by molar-refractivity contribution is -0.138. The number of hydrogen-bond acceptors (Lipinski definition) is 8. The lowest BCUT2D eigenvalue weighted by Crippen LogP contribution is -2.46. The molecule has 0 unspecified atom stereocenters. The number of rotatable bonds is 3.